The lowest BCUT2D eigenvalue weighted by Crippen LogP contribution is -2.32. The van der Waals surface area contributed by atoms with Crippen LogP contribution in [0.2, 0.25) is 0 Å². The summed E-state index contributed by atoms with van der Waals surface area (Å²) in [6.07, 6.45) is 1.48. The Bertz CT molecular complexity index is 890. The van der Waals surface area contributed by atoms with Crippen LogP contribution in [0.15, 0.2) is 41.1 Å². The van der Waals surface area contributed by atoms with Crippen LogP contribution in [0.5, 0.6) is 0 Å². The summed E-state index contributed by atoms with van der Waals surface area (Å²) >= 11 is 0. The second kappa shape index (κ2) is 8.29. The molecule has 0 saturated carbocycles. The Hall–Kier alpha value is -2.44. The summed E-state index contributed by atoms with van der Waals surface area (Å²) in [5.41, 5.74) is 10.0. The predicted molar refractivity (Wildman–Crippen MR) is 104 cm³/mol. The van der Waals surface area contributed by atoms with Gasteiger partial charge < -0.3 is 15.6 Å². The quantitative estimate of drug-likeness (QED) is 0.712. The zero-order chi connectivity index (χ0) is 18.0. The maximum atomic E-state index is 12.3. The van der Waals surface area contributed by atoms with Gasteiger partial charge in [-0.2, -0.15) is 0 Å². The highest BCUT2D eigenvalue weighted by atomic mass is 35.5. The van der Waals surface area contributed by atoms with E-state index in [-0.39, 0.29) is 24.4 Å². The molecule has 7 heteroatoms. The van der Waals surface area contributed by atoms with Crippen LogP contribution < -0.4 is 11.1 Å². The number of fused-ring (bicyclic) bond motifs is 1. The van der Waals surface area contributed by atoms with E-state index in [2.05, 4.69) is 41.4 Å². The number of amides is 1. The Morgan fingerprint density at radius 1 is 1.23 bits per heavy atom. The molecule has 2 aromatic heterocycles. The van der Waals surface area contributed by atoms with Gasteiger partial charge in [0.1, 0.15) is 0 Å². The number of halogens is 1. The van der Waals surface area contributed by atoms with Crippen molar-refractivity contribution in [3.8, 4) is 0 Å². The van der Waals surface area contributed by atoms with Gasteiger partial charge in [-0.15, -0.1) is 12.4 Å². The lowest BCUT2D eigenvalue weighted by atomic mass is 9.99. The first-order chi connectivity index (χ1) is 12.0. The van der Waals surface area contributed by atoms with Gasteiger partial charge in [-0.25, -0.2) is 4.98 Å². The Morgan fingerprint density at radius 3 is 2.54 bits per heavy atom. The van der Waals surface area contributed by atoms with Crippen molar-refractivity contribution in [1.82, 2.24) is 15.5 Å². The fourth-order valence-corrected chi connectivity index (χ4v) is 2.62. The van der Waals surface area contributed by atoms with Crippen LogP contribution in [-0.4, -0.2) is 22.6 Å². The first kappa shape index (κ1) is 19.9. The second-order valence-corrected chi connectivity index (χ2v) is 6.48. The smallest absolute Gasteiger partial charge is 0.257 e. The Morgan fingerprint density at radius 2 is 1.88 bits per heavy atom. The van der Waals surface area contributed by atoms with Gasteiger partial charge in [-0.05, 0) is 30.0 Å². The maximum Gasteiger partial charge on any atom is 0.257 e. The van der Waals surface area contributed by atoms with Crippen molar-refractivity contribution in [2.75, 3.05) is 6.54 Å². The van der Waals surface area contributed by atoms with E-state index in [9.17, 15) is 4.79 Å². The van der Waals surface area contributed by atoms with Gasteiger partial charge in [-0.1, -0.05) is 43.3 Å². The van der Waals surface area contributed by atoms with Crippen molar-refractivity contribution in [2.24, 2.45) is 5.73 Å². The molecule has 1 atom stereocenters. The summed E-state index contributed by atoms with van der Waals surface area (Å²) in [4.78, 5) is 16.5. The number of aryl methyl sites for hydroxylation is 1. The lowest BCUT2D eigenvalue weighted by Gasteiger charge is -2.14. The molecule has 3 aromatic rings. The largest absolute Gasteiger partial charge is 0.350 e. The minimum absolute atomic E-state index is 0. The van der Waals surface area contributed by atoms with Crippen molar-refractivity contribution in [1.29, 1.82) is 0 Å². The number of hydrogen-bond donors (Lipinski definition) is 2. The number of nitrogens with two attached hydrogens (primary N) is 1. The highest BCUT2D eigenvalue weighted by molar-refractivity contribution is 5.96. The highest BCUT2D eigenvalue weighted by Crippen LogP contribution is 2.18. The molecule has 3 rings (SSSR count). The van der Waals surface area contributed by atoms with Crippen LogP contribution in [0.3, 0.4) is 0 Å². The summed E-state index contributed by atoms with van der Waals surface area (Å²) < 4.78 is 5.05. The van der Waals surface area contributed by atoms with Crippen LogP contribution in [0.4, 0.5) is 0 Å². The van der Waals surface area contributed by atoms with Gasteiger partial charge in [0.25, 0.3) is 11.6 Å². The third-order valence-electron chi connectivity index (χ3n) is 4.29. The number of carbonyl (C=O) groups excluding carboxylic acids is 1. The minimum Gasteiger partial charge on any atom is -0.350 e. The van der Waals surface area contributed by atoms with E-state index in [4.69, 9.17) is 10.3 Å². The number of nitrogens with zero attached hydrogens (tertiary/aromatic N) is 2. The molecular formula is C19H23ClN4O2. The molecular weight excluding hydrogens is 352 g/mol. The van der Waals surface area contributed by atoms with Crippen LogP contribution in [0.25, 0.3) is 11.1 Å². The maximum absolute atomic E-state index is 12.3. The summed E-state index contributed by atoms with van der Waals surface area (Å²) in [5.74, 6) is 0.262. The van der Waals surface area contributed by atoms with Crippen LogP contribution >= 0.6 is 12.4 Å². The predicted octanol–water partition coefficient (Wildman–Crippen LogP) is 3.51. The minimum atomic E-state index is -0.265. The first-order valence-electron chi connectivity index (χ1n) is 8.31. The number of aromatic nitrogens is 2. The number of nitrogens with one attached hydrogen (secondary N) is 1. The van der Waals surface area contributed by atoms with E-state index >= 15 is 0 Å². The molecule has 0 bridgehead atoms. The van der Waals surface area contributed by atoms with Crippen molar-refractivity contribution in [3.63, 3.8) is 0 Å². The highest BCUT2D eigenvalue weighted by Gasteiger charge is 2.13. The average Bonchev–Trinajstić information content (AvgIpc) is 3.00. The van der Waals surface area contributed by atoms with Crippen molar-refractivity contribution >= 4 is 29.4 Å². The van der Waals surface area contributed by atoms with Gasteiger partial charge in [-0.3, -0.25) is 4.79 Å². The van der Waals surface area contributed by atoms with Crippen LogP contribution in [0, 0.1) is 6.92 Å². The zero-order valence-electron chi connectivity index (χ0n) is 15.0. The zero-order valence-corrected chi connectivity index (χ0v) is 15.8. The molecule has 1 aromatic carbocycles. The number of carbonyl (C=O) groups is 1. The fraction of sp³-hybridized carbons (Fsp3) is 0.316. The van der Waals surface area contributed by atoms with Gasteiger partial charge in [0, 0.05) is 18.8 Å². The SMILES string of the molecule is Cc1noc2ncc(C(=O)NCC(N)c3ccc(C(C)C)cc3)cc12.Cl. The molecule has 0 fully saturated rings. The summed E-state index contributed by atoms with van der Waals surface area (Å²) in [6, 6.07) is 9.65. The summed E-state index contributed by atoms with van der Waals surface area (Å²) in [6.45, 7) is 6.46. The van der Waals surface area contributed by atoms with E-state index in [1.165, 1.54) is 11.8 Å². The summed E-state index contributed by atoms with van der Waals surface area (Å²) in [5, 5.41) is 7.43. The molecule has 1 unspecified atom stereocenters. The van der Waals surface area contributed by atoms with Crippen molar-refractivity contribution in [2.45, 2.75) is 32.7 Å². The van der Waals surface area contributed by atoms with Crippen LogP contribution in [-0.2, 0) is 0 Å². The molecule has 0 aliphatic heterocycles. The molecule has 0 aliphatic carbocycles. The molecule has 0 radical (unpaired) electrons. The molecule has 6 nitrogen and oxygen atoms in total. The van der Waals surface area contributed by atoms with E-state index in [1.807, 2.05) is 19.1 Å². The van der Waals surface area contributed by atoms with E-state index in [1.54, 1.807) is 6.07 Å². The van der Waals surface area contributed by atoms with Gasteiger partial charge >= 0.3 is 0 Å². The number of hydrogen-bond acceptors (Lipinski definition) is 5. The van der Waals surface area contributed by atoms with Gasteiger partial charge in [0.2, 0.25) is 0 Å². The Kier molecular flexibility index (Phi) is 6.34. The van der Waals surface area contributed by atoms with E-state index < -0.39 is 0 Å². The normalized spacial score (nSPS) is 12.0. The average molecular weight is 375 g/mol. The lowest BCUT2D eigenvalue weighted by molar-refractivity contribution is 0.0951. The van der Waals surface area contributed by atoms with E-state index in [0.29, 0.717) is 29.4 Å². The Balaban J connectivity index is 0.00000243. The standard InChI is InChI=1S/C19H22N4O2.ClH/c1-11(2)13-4-6-14(7-5-13)17(20)10-21-18(24)15-8-16-12(3)23-25-19(16)22-9-15;/h4-9,11,17H,10,20H2,1-3H3,(H,21,24);1H. The number of benzene rings is 1. The fourth-order valence-electron chi connectivity index (χ4n) is 2.62. The van der Waals surface area contributed by atoms with E-state index in [0.717, 1.165) is 10.9 Å². The number of rotatable bonds is 5. The third-order valence-corrected chi connectivity index (χ3v) is 4.29. The molecule has 1 amide bonds. The molecule has 3 N–H and O–H groups in total. The molecule has 138 valence electrons. The molecule has 2 heterocycles. The second-order valence-electron chi connectivity index (χ2n) is 6.48. The topological polar surface area (TPSA) is 94.0 Å². The van der Waals surface area contributed by atoms with Crippen molar-refractivity contribution < 1.29 is 9.32 Å². The molecule has 0 aliphatic rings. The van der Waals surface area contributed by atoms with Gasteiger partial charge in [0.15, 0.2) is 0 Å². The Labute approximate surface area is 158 Å². The molecule has 0 saturated heterocycles. The third kappa shape index (κ3) is 4.20. The molecule has 26 heavy (non-hydrogen) atoms. The van der Waals surface area contributed by atoms with Gasteiger partial charge in [0.05, 0.1) is 16.6 Å². The van der Waals surface area contributed by atoms with Crippen molar-refractivity contribution in [3.05, 3.63) is 58.9 Å². The molecule has 0 spiro atoms. The number of pyridine rings is 1. The van der Waals surface area contributed by atoms with Crippen LogP contribution in [0.1, 0.15) is 53.0 Å². The summed E-state index contributed by atoms with van der Waals surface area (Å²) in [7, 11) is 0. The monoisotopic (exact) mass is 374 g/mol. The first-order valence-corrected chi connectivity index (χ1v) is 8.31.